The fraction of sp³-hybridized carbons (Fsp3) is 0.833. The second-order valence-electron chi connectivity index (χ2n) is 5.45. The molecule has 0 amide bonds. The van der Waals surface area contributed by atoms with E-state index >= 15 is 0 Å². The summed E-state index contributed by atoms with van der Waals surface area (Å²) in [7, 11) is 0. The van der Waals surface area contributed by atoms with Crippen LogP contribution in [0.2, 0.25) is 0 Å². The van der Waals surface area contributed by atoms with Crippen LogP contribution in [0.5, 0.6) is 0 Å². The maximum absolute atomic E-state index is 5.93. The molecule has 4 rings (SSSR count). The standard InChI is InChI=1S/C12H17N3O2S/c1-2-9(1)10-13-14-11(18-10)15-4-6-17-12(7-15)3-5-16-8-12/h9H,1-8H2. The number of nitrogens with zero attached hydrogens (tertiary/aromatic N) is 3. The lowest BCUT2D eigenvalue weighted by Crippen LogP contribution is -2.52. The van der Waals surface area contributed by atoms with Gasteiger partial charge in [-0.2, -0.15) is 0 Å². The molecule has 18 heavy (non-hydrogen) atoms. The van der Waals surface area contributed by atoms with Crippen LogP contribution >= 0.6 is 11.3 Å². The highest BCUT2D eigenvalue weighted by Crippen LogP contribution is 2.43. The van der Waals surface area contributed by atoms with Crippen molar-refractivity contribution in [2.45, 2.75) is 30.8 Å². The zero-order chi connectivity index (χ0) is 12.0. The van der Waals surface area contributed by atoms with Crippen LogP contribution in [0.3, 0.4) is 0 Å². The molecule has 3 aliphatic rings. The molecule has 3 fully saturated rings. The van der Waals surface area contributed by atoms with E-state index in [2.05, 4.69) is 15.1 Å². The largest absolute Gasteiger partial charge is 0.378 e. The highest BCUT2D eigenvalue weighted by Gasteiger charge is 2.41. The Morgan fingerprint density at radius 1 is 1.28 bits per heavy atom. The molecule has 1 aromatic rings. The number of hydrogen-bond donors (Lipinski definition) is 0. The van der Waals surface area contributed by atoms with Crippen molar-refractivity contribution in [3.05, 3.63) is 5.01 Å². The van der Waals surface area contributed by atoms with E-state index in [0.717, 1.165) is 44.5 Å². The van der Waals surface area contributed by atoms with Crippen molar-refractivity contribution in [1.29, 1.82) is 0 Å². The van der Waals surface area contributed by atoms with Gasteiger partial charge in [-0.1, -0.05) is 11.3 Å². The Bertz CT molecular complexity index is 440. The van der Waals surface area contributed by atoms with E-state index in [9.17, 15) is 0 Å². The molecule has 1 spiro atoms. The second kappa shape index (κ2) is 4.15. The van der Waals surface area contributed by atoms with Crippen LogP contribution in [0, 0.1) is 0 Å². The Morgan fingerprint density at radius 2 is 2.22 bits per heavy atom. The molecular weight excluding hydrogens is 250 g/mol. The summed E-state index contributed by atoms with van der Waals surface area (Å²) in [6.07, 6.45) is 3.57. The average molecular weight is 267 g/mol. The van der Waals surface area contributed by atoms with Crippen LogP contribution in [0.1, 0.15) is 30.2 Å². The normalized spacial score (nSPS) is 32.3. The molecule has 1 aromatic heterocycles. The summed E-state index contributed by atoms with van der Waals surface area (Å²) in [6.45, 7) is 4.12. The van der Waals surface area contributed by atoms with Crippen molar-refractivity contribution in [1.82, 2.24) is 10.2 Å². The number of ether oxygens (including phenoxy) is 2. The fourth-order valence-corrected chi connectivity index (χ4v) is 3.72. The Balaban J connectivity index is 1.52. The van der Waals surface area contributed by atoms with E-state index in [1.807, 2.05) is 0 Å². The second-order valence-corrected chi connectivity index (χ2v) is 6.44. The van der Waals surface area contributed by atoms with Gasteiger partial charge in [-0.3, -0.25) is 0 Å². The predicted octanol–water partition coefficient (Wildman–Crippen LogP) is 1.41. The topological polar surface area (TPSA) is 47.5 Å². The summed E-state index contributed by atoms with van der Waals surface area (Å²) >= 11 is 1.76. The van der Waals surface area contributed by atoms with Gasteiger partial charge in [0.15, 0.2) is 0 Å². The summed E-state index contributed by atoms with van der Waals surface area (Å²) < 4.78 is 11.4. The molecule has 3 heterocycles. The molecule has 0 aromatic carbocycles. The molecule has 2 aliphatic heterocycles. The zero-order valence-corrected chi connectivity index (χ0v) is 11.1. The molecule has 0 N–H and O–H groups in total. The van der Waals surface area contributed by atoms with Crippen molar-refractivity contribution in [2.24, 2.45) is 0 Å². The molecule has 1 atom stereocenters. The minimum atomic E-state index is -0.0936. The molecular formula is C12H17N3O2S. The molecule has 0 bridgehead atoms. The van der Waals surface area contributed by atoms with Crippen molar-refractivity contribution < 1.29 is 9.47 Å². The maximum atomic E-state index is 5.93. The van der Waals surface area contributed by atoms with Crippen LogP contribution in [0.15, 0.2) is 0 Å². The summed E-state index contributed by atoms with van der Waals surface area (Å²) in [5.74, 6) is 0.695. The first-order chi connectivity index (χ1) is 8.85. The van der Waals surface area contributed by atoms with Gasteiger partial charge >= 0.3 is 0 Å². The van der Waals surface area contributed by atoms with Crippen LogP contribution in [0.25, 0.3) is 0 Å². The minimum Gasteiger partial charge on any atom is -0.378 e. The van der Waals surface area contributed by atoms with Gasteiger partial charge in [-0.15, -0.1) is 10.2 Å². The molecule has 0 radical (unpaired) electrons. The first-order valence-corrected chi connectivity index (χ1v) is 7.46. The third-order valence-corrected chi connectivity index (χ3v) is 5.09. The van der Waals surface area contributed by atoms with E-state index in [1.54, 1.807) is 11.3 Å². The van der Waals surface area contributed by atoms with Gasteiger partial charge in [0, 0.05) is 25.5 Å². The predicted molar refractivity (Wildman–Crippen MR) is 68.2 cm³/mol. The smallest absolute Gasteiger partial charge is 0.208 e. The average Bonchev–Trinajstić information content (AvgIpc) is 2.96. The number of hydrogen-bond acceptors (Lipinski definition) is 6. The SMILES string of the molecule is C1CC2(CO1)CN(c1nnc(C3CC3)s1)CCO2. The van der Waals surface area contributed by atoms with Gasteiger partial charge < -0.3 is 14.4 Å². The molecule has 5 nitrogen and oxygen atoms in total. The fourth-order valence-electron chi connectivity index (χ4n) is 2.68. The summed E-state index contributed by atoms with van der Waals surface area (Å²) in [6, 6.07) is 0. The Labute approximate surface area is 110 Å². The summed E-state index contributed by atoms with van der Waals surface area (Å²) in [5, 5.41) is 11.0. The van der Waals surface area contributed by atoms with Crippen molar-refractivity contribution in [3.8, 4) is 0 Å². The number of morpholine rings is 1. The van der Waals surface area contributed by atoms with Crippen molar-refractivity contribution in [3.63, 3.8) is 0 Å². The molecule has 98 valence electrons. The first kappa shape index (κ1) is 11.1. The van der Waals surface area contributed by atoms with Crippen molar-refractivity contribution >= 4 is 16.5 Å². The summed E-state index contributed by atoms with van der Waals surface area (Å²) in [5.41, 5.74) is -0.0936. The van der Waals surface area contributed by atoms with Gasteiger partial charge in [-0.05, 0) is 12.8 Å². The Hall–Kier alpha value is -0.720. The highest BCUT2D eigenvalue weighted by atomic mass is 32.1. The third kappa shape index (κ3) is 1.92. The molecule has 2 saturated heterocycles. The summed E-state index contributed by atoms with van der Waals surface area (Å²) in [4.78, 5) is 2.32. The highest BCUT2D eigenvalue weighted by molar-refractivity contribution is 7.15. The zero-order valence-electron chi connectivity index (χ0n) is 10.3. The third-order valence-electron chi connectivity index (χ3n) is 3.94. The lowest BCUT2D eigenvalue weighted by atomic mass is 10.0. The number of rotatable bonds is 2. The van der Waals surface area contributed by atoms with E-state index in [0.29, 0.717) is 5.92 Å². The Kier molecular flexibility index (Phi) is 2.56. The quantitative estimate of drug-likeness (QED) is 0.811. The lowest BCUT2D eigenvalue weighted by molar-refractivity contribution is -0.0579. The van der Waals surface area contributed by atoms with Gasteiger partial charge in [0.25, 0.3) is 0 Å². The van der Waals surface area contributed by atoms with Gasteiger partial charge in [0.05, 0.1) is 19.8 Å². The van der Waals surface area contributed by atoms with E-state index in [4.69, 9.17) is 9.47 Å². The van der Waals surface area contributed by atoms with Crippen LogP contribution in [0.4, 0.5) is 5.13 Å². The van der Waals surface area contributed by atoms with Crippen LogP contribution in [-0.2, 0) is 9.47 Å². The monoisotopic (exact) mass is 267 g/mol. The van der Waals surface area contributed by atoms with Gasteiger partial charge in [0.1, 0.15) is 10.6 Å². The van der Waals surface area contributed by atoms with Gasteiger partial charge in [0.2, 0.25) is 5.13 Å². The van der Waals surface area contributed by atoms with E-state index in [-0.39, 0.29) is 5.60 Å². The van der Waals surface area contributed by atoms with E-state index < -0.39 is 0 Å². The number of aromatic nitrogens is 2. The van der Waals surface area contributed by atoms with E-state index in [1.165, 1.54) is 17.8 Å². The van der Waals surface area contributed by atoms with Crippen LogP contribution in [-0.4, -0.2) is 48.7 Å². The maximum Gasteiger partial charge on any atom is 0.208 e. The van der Waals surface area contributed by atoms with Crippen molar-refractivity contribution in [2.75, 3.05) is 37.8 Å². The first-order valence-electron chi connectivity index (χ1n) is 6.65. The molecule has 1 saturated carbocycles. The minimum absolute atomic E-state index is 0.0936. The number of anilines is 1. The lowest BCUT2D eigenvalue weighted by Gasteiger charge is -2.39. The van der Waals surface area contributed by atoms with Gasteiger partial charge in [-0.25, -0.2) is 0 Å². The molecule has 1 unspecified atom stereocenters. The Morgan fingerprint density at radius 3 is 3.00 bits per heavy atom. The molecule has 1 aliphatic carbocycles. The van der Waals surface area contributed by atoms with Crippen LogP contribution < -0.4 is 4.90 Å². The molecule has 6 heteroatoms.